The smallest absolute Gasteiger partial charge is 0.206 e. The summed E-state index contributed by atoms with van der Waals surface area (Å²) in [4.78, 5) is 17.0. The van der Waals surface area contributed by atoms with Crippen LogP contribution in [0.3, 0.4) is 0 Å². The Bertz CT molecular complexity index is 1020. The molecule has 0 radical (unpaired) electrons. The summed E-state index contributed by atoms with van der Waals surface area (Å²) >= 11 is 0. The lowest BCUT2D eigenvalue weighted by molar-refractivity contribution is 1.10. The van der Waals surface area contributed by atoms with Crippen LogP contribution in [0, 0.1) is 0 Å². The van der Waals surface area contributed by atoms with Gasteiger partial charge in [-0.25, -0.2) is 4.98 Å². The third-order valence-electron chi connectivity index (χ3n) is 3.81. The summed E-state index contributed by atoms with van der Waals surface area (Å²) in [5.41, 5.74) is 3.19. The van der Waals surface area contributed by atoms with Crippen LogP contribution in [-0.4, -0.2) is 9.55 Å². The Morgan fingerprint density at radius 3 is 2.04 bits per heavy atom. The highest BCUT2D eigenvalue weighted by atomic mass is 16.1. The largest absolute Gasteiger partial charge is 0.292 e. The number of hydrogen-bond acceptors (Lipinski definition) is 2. The van der Waals surface area contributed by atoms with E-state index in [2.05, 4.69) is 4.98 Å². The van der Waals surface area contributed by atoms with Crippen molar-refractivity contribution >= 4 is 11.0 Å². The molecule has 0 N–H and O–H groups in total. The molecular formula is C20H14N2O. The Hall–Kier alpha value is -3.20. The van der Waals surface area contributed by atoms with E-state index in [1.807, 2.05) is 77.4 Å². The Morgan fingerprint density at radius 1 is 0.696 bits per heavy atom. The van der Waals surface area contributed by atoms with Crippen molar-refractivity contribution in [1.29, 1.82) is 0 Å². The lowest BCUT2D eigenvalue weighted by Crippen LogP contribution is -1.97. The van der Waals surface area contributed by atoms with E-state index in [1.54, 1.807) is 12.1 Å². The van der Waals surface area contributed by atoms with E-state index in [9.17, 15) is 4.79 Å². The molecule has 0 aliphatic carbocycles. The molecule has 0 aliphatic rings. The van der Waals surface area contributed by atoms with Gasteiger partial charge < -0.3 is 0 Å². The second-order valence-electron chi connectivity index (χ2n) is 5.29. The second-order valence-corrected chi connectivity index (χ2v) is 5.29. The zero-order chi connectivity index (χ0) is 15.6. The van der Waals surface area contributed by atoms with Gasteiger partial charge >= 0.3 is 0 Å². The topological polar surface area (TPSA) is 34.9 Å². The summed E-state index contributed by atoms with van der Waals surface area (Å²) in [6.45, 7) is 0. The summed E-state index contributed by atoms with van der Waals surface area (Å²) in [6.07, 6.45) is 0. The summed E-state index contributed by atoms with van der Waals surface area (Å²) in [7, 11) is 0. The molecule has 0 spiro atoms. The molecule has 1 heterocycles. The predicted molar refractivity (Wildman–Crippen MR) is 92.8 cm³/mol. The molecule has 1 aromatic heterocycles. The van der Waals surface area contributed by atoms with Crippen LogP contribution in [0.15, 0.2) is 89.7 Å². The SMILES string of the molecule is O=c1ccccc2c1nc(-c1ccccc1)n2-c1ccccc1. The van der Waals surface area contributed by atoms with Gasteiger partial charge in [-0.05, 0) is 24.3 Å². The zero-order valence-electron chi connectivity index (χ0n) is 12.4. The minimum atomic E-state index is -0.0723. The molecule has 4 aromatic rings. The summed E-state index contributed by atoms with van der Waals surface area (Å²) in [6, 6.07) is 27.0. The number of hydrogen-bond donors (Lipinski definition) is 0. The van der Waals surface area contributed by atoms with Crippen LogP contribution in [0.5, 0.6) is 0 Å². The van der Waals surface area contributed by atoms with Gasteiger partial charge in [-0.3, -0.25) is 9.36 Å². The molecule has 0 atom stereocenters. The lowest BCUT2D eigenvalue weighted by atomic mass is 10.2. The number of para-hydroxylation sites is 1. The fourth-order valence-corrected chi connectivity index (χ4v) is 2.76. The molecule has 3 nitrogen and oxygen atoms in total. The third kappa shape index (κ3) is 2.32. The van der Waals surface area contributed by atoms with E-state index in [0.717, 1.165) is 22.6 Å². The summed E-state index contributed by atoms with van der Waals surface area (Å²) in [5, 5.41) is 0. The third-order valence-corrected chi connectivity index (χ3v) is 3.81. The van der Waals surface area contributed by atoms with Crippen LogP contribution in [0.4, 0.5) is 0 Å². The van der Waals surface area contributed by atoms with Gasteiger partial charge in [0, 0.05) is 11.3 Å². The lowest BCUT2D eigenvalue weighted by Gasteiger charge is -2.09. The van der Waals surface area contributed by atoms with Gasteiger partial charge in [-0.2, -0.15) is 0 Å². The van der Waals surface area contributed by atoms with Crippen molar-refractivity contribution in [3.05, 3.63) is 95.2 Å². The highest BCUT2D eigenvalue weighted by Gasteiger charge is 2.14. The van der Waals surface area contributed by atoms with Crippen LogP contribution in [-0.2, 0) is 0 Å². The number of aromatic nitrogens is 2. The molecule has 0 fully saturated rings. The van der Waals surface area contributed by atoms with Gasteiger partial charge in [0.05, 0.1) is 5.52 Å². The van der Waals surface area contributed by atoms with E-state index < -0.39 is 0 Å². The summed E-state index contributed by atoms with van der Waals surface area (Å²) in [5.74, 6) is 0.773. The second kappa shape index (κ2) is 5.54. The minimum absolute atomic E-state index is 0.0723. The molecule has 110 valence electrons. The Balaban J connectivity index is 2.15. The van der Waals surface area contributed by atoms with Crippen molar-refractivity contribution < 1.29 is 0 Å². The first-order valence-electron chi connectivity index (χ1n) is 7.47. The quantitative estimate of drug-likeness (QED) is 0.559. The van der Waals surface area contributed by atoms with Crippen molar-refractivity contribution in [3.8, 4) is 17.1 Å². The van der Waals surface area contributed by atoms with E-state index in [-0.39, 0.29) is 5.43 Å². The van der Waals surface area contributed by atoms with Crippen LogP contribution in [0.1, 0.15) is 0 Å². The van der Waals surface area contributed by atoms with Crippen molar-refractivity contribution in [1.82, 2.24) is 9.55 Å². The molecule has 0 aliphatic heterocycles. The fraction of sp³-hybridized carbons (Fsp3) is 0. The van der Waals surface area contributed by atoms with Gasteiger partial charge in [0.2, 0.25) is 5.43 Å². The Labute approximate surface area is 133 Å². The number of fused-ring (bicyclic) bond motifs is 1. The molecule has 0 bridgehead atoms. The Morgan fingerprint density at radius 2 is 1.30 bits per heavy atom. The molecule has 0 unspecified atom stereocenters. The normalized spacial score (nSPS) is 10.8. The van der Waals surface area contributed by atoms with Crippen LogP contribution in [0.25, 0.3) is 28.1 Å². The van der Waals surface area contributed by atoms with Crippen LogP contribution >= 0.6 is 0 Å². The Kier molecular flexibility index (Phi) is 3.24. The maximum Gasteiger partial charge on any atom is 0.206 e. The predicted octanol–water partition coefficient (Wildman–Crippen LogP) is 4.05. The van der Waals surface area contributed by atoms with Gasteiger partial charge in [-0.1, -0.05) is 60.7 Å². The van der Waals surface area contributed by atoms with Crippen molar-refractivity contribution in [3.63, 3.8) is 0 Å². The van der Waals surface area contributed by atoms with Gasteiger partial charge in [0.15, 0.2) is 0 Å². The van der Waals surface area contributed by atoms with Crippen molar-refractivity contribution in [2.24, 2.45) is 0 Å². The minimum Gasteiger partial charge on any atom is -0.292 e. The molecule has 0 saturated heterocycles. The van der Waals surface area contributed by atoms with E-state index in [0.29, 0.717) is 5.52 Å². The number of rotatable bonds is 2. The van der Waals surface area contributed by atoms with Gasteiger partial charge in [0.25, 0.3) is 0 Å². The van der Waals surface area contributed by atoms with E-state index in [4.69, 9.17) is 0 Å². The van der Waals surface area contributed by atoms with Crippen molar-refractivity contribution in [2.75, 3.05) is 0 Å². The fourth-order valence-electron chi connectivity index (χ4n) is 2.76. The monoisotopic (exact) mass is 298 g/mol. The first-order valence-corrected chi connectivity index (χ1v) is 7.47. The zero-order valence-corrected chi connectivity index (χ0v) is 12.4. The standard InChI is InChI=1S/C20H14N2O/c23-18-14-8-7-13-17-19(18)21-20(15-9-3-1-4-10-15)22(17)16-11-5-2-6-12-16/h1-14H. The van der Waals surface area contributed by atoms with E-state index >= 15 is 0 Å². The molecule has 3 aromatic carbocycles. The van der Waals surface area contributed by atoms with E-state index in [1.165, 1.54) is 0 Å². The van der Waals surface area contributed by atoms with Gasteiger partial charge in [0.1, 0.15) is 11.3 Å². The molecule has 0 amide bonds. The first-order chi connectivity index (χ1) is 11.3. The molecular weight excluding hydrogens is 284 g/mol. The number of benzene rings is 2. The van der Waals surface area contributed by atoms with Crippen LogP contribution in [0.2, 0.25) is 0 Å². The first kappa shape index (κ1) is 13.5. The molecule has 23 heavy (non-hydrogen) atoms. The molecule has 3 heteroatoms. The maximum absolute atomic E-state index is 12.3. The highest BCUT2D eigenvalue weighted by molar-refractivity contribution is 5.82. The molecule has 4 rings (SSSR count). The highest BCUT2D eigenvalue weighted by Crippen LogP contribution is 2.26. The van der Waals surface area contributed by atoms with Gasteiger partial charge in [-0.15, -0.1) is 0 Å². The van der Waals surface area contributed by atoms with Crippen molar-refractivity contribution in [2.45, 2.75) is 0 Å². The average molecular weight is 298 g/mol. The maximum atomic E-state index is 12.3. The van der Waals surface area contributed by atoms with Crippen LogP contribution < -0.4 is 5.43 Å². The molecule has 0 saturated carbocycles. The average Bonchev–Trinajstić information content (AvgIpc) is 2.90. The number of imidazole rings is 1. The number of nitrogens with zero attached hydrogens (tertiary/aromatic N) is 2. The summed E-state index contributed by atoms with van der Waals surface area (Å²) < 4.78 is 2.03.